The number of halogens is 4. The molecule has 0 saturated carbocycles. The molecule has 20 heavy (non-hydrogen) atoms. The molecule has 0 aliphatic carbocycles. The fourth-order valence-corrected chi connectivity index (χ4v) is 2.27. The van der Waals surface area contributed by atoms with Crippen LogP contribution in [0.1, 0.15) is 5.56 Å². The van der Waals surface area contributed by atoms with E-state index in [4.69, 9.17) is 4.74 Å². The van der Waals surface area contributed by atoms with Crippen molar-refractivity contribution in [1.82, 2.24) is 0 Å². The van der Waals surface area contributed by atoms with Crippen LogP contribution in [0.5, 0.6) is 5.75 Å². The van der Waals surface area contributed by atoms with Gasteiger partial charge in [0.1, 0.15) is 11.6 Å². The molecule has 0 aromatic heterocycles. The molecule has 0 aliphatic heterocycles. The van der Waals surface area contributed by atoms with Gasteiger partial charge in [0.2, 0.25) is 0 Å². The number of nitrogens with one attached hydrogen (secondary N) is 1. The van der Waals surface area contributed by atoms with Gasteiger partial charge in [-0.15, -0.1) is 0 Å². The Morgan fingerprint density at radius 1 is 1.10 bits per heavy atom. The Morgan fingerprint density at radius 2 is 1.85 bits per heavy atom. The van der Waals surface area contributed by atoms with Crippen LogP contribution in [0.15, 0.2) is 34.8 Å². The summed E-state index contributed by atoms with van der Waals surface area (Å²) in [5, 5.41) is 2.79. The van der Waals surface area contributed by atoms with E-state index in [1.807, 2.05) is 0 Å². The van der Waals surface area contributed by atoms with Crippen LogP contribution in [0.3, 0.4) is 0 Å². The lowest BCUT2D eigenvalue weighted by Crippen LogP contribution is -2.03. The molecule has 0 atom stereocenters. The summed E-state index contributed by atoms with van der Waals surface area (Å²) in [4.78, 5) is 0. The highest BCUT2D eigenvalue weighted by Gasteiger charge is 2.10. The van der Waals surface area contributed by atoms with Gasteiger partial charge in [0.25, 0.3) is 0 Å². The van der Waals surface area contributed by atoms with E-state index < -0.39 is 17.5 Å². The van der Waals surface area contributed by atoms with Crippen LogP contribution in [0.4, 0.5) is 18.9 Å². The van der Waals surface area contributed by atoms with Gasteiger partial charge in [-0.2, -0.15) is 0 Å². The van der Waals surface area contributed by atoms with Gasteiger partial charge in [-0.25, -0.2) is 13.2 Å². The molecule has 1 N–H and O–H groups in total. The zero-order valence-electron chi connectivity index (χ0n) is 10.5. The summed E-state index contributed by atoms with van der Waals surface area (Å²) in [6.45, 7) is 0.196. The first kappa shape index (κ1) is 14.7. The van der Waals surface area contributed by atoms with Crippen LogP contribution < -0.4 is 10.1 Å². The van der Waals surface area contributed by atoms with E-state index in [0.29, 0.717) is 5.56 Å². The molecule has 0 spiro atoms. The minimum absolute atomic E-state index is 0.127. The molecule has 2 nitrogen and oxygen atoms in total. The van der Waals surface area contributed by atoms with Crippen molar-refractivity contribution in [3.63, 3.8) is 0 Å². The smallest absolute Gasteiger partial charge is 0.165 e. The second-order valence-electron chi connectivity index (χ2n) is 4.07. The van der Waals surface area contributed by atoms with Gasteiger partial charge in [0.05, 0.1) is 12.8 Å². The zero-order chi connectivity index (χ0) is 14.7. The van der Waals surface area contributed by atoms with Gasteiger partial charge in [-0.1, -0.05) is 6.07 Å². The van der Waals surface area contributed by atoms with Crippen LogP contribution in [0.25, 0.3) is 0 Å². The molecular formula is C14H11BrF3NO. The Bertz CT molecular complexity index is 611. The summed E-state index contributed by atoms with van der Waals surface area (Å²) in [7, 11) is 1.38. The molecule has 2 aromatic carbocycles. The van der Waals surface area contributed by atoms with Crippen molar-refractivity contribution in [3.8, 4) is 5.75 Å². The highest BCUT2D eigenvalue weighted by atomic mass is 79.9. The Morgan fingerprint density at radius 3 is 2.45 bits per heavy atom. The third-order valence-corrected chi connectivity index (χ3v) is 3.32. The van der Waals surface area contributed by atoms with E-state index in [-0.39, 0.29) is 22.5 Å². The number of anilines is 1. The fraction of sp³-hybridized carbons (Fsp3) is 0.143. The SMILES string of the molecule is COc1ccc(CNc2c(F)cc(F)cc2Br)cc1F. The molecule has 0 amide bonds. The summed E-state index contributed by atoms with van der Waals surface area (Å²) in [6.07, 6.45) is 0. The number of hydrogen-bond donors (Lipinski definition) is 1. The third-order valence-electron chi connectivity index (χ3n) is 2.69. The van der Waals surface area contributed by atoms with E-state index in [0.717, 1.165) is 12.1 Å². The molecule has 0 unspecified atom stereocenters. The number of ether oxygens (including phenoxy) is 1. The van der Waals surface area contributed by atoms with Crippen molar-refractivity contribution >= 4 is 21.6 Å². The van der Waals surface area contributed by atoms with Crippen LogP contribution in [0, 0.1) is 17.5 Å². The first-order valence-electron chi connectivity index (χ1n) is 5.72. The summed E-state index contributed by atoms with van der Waals surface area (Å²) >= 11 is 3.07. The van der Waals surface area contributed by atoms with Crippen molar-refractivity contribution in [2.45, 2.75) is 6.54 Å². The maximum atomic E-state index is 13.6. The number of benzene rings is 2. The molecule has 0 fully saturated rings. The molecule has 0 heterocycles. The third kappa shape index (κ3) is 3.25. The van der Waals surface area contributed by atoms with Gasteiger partial charge in [0.15, 0.2) is 11.6 Å². The lowest BCUT2D eigenvalue weighted by Gasteiger charge is -2.11. The fourth-order valence-electron chi connectivity index (χ4n) is 1.72. The van der Waals surface area contributed by atoms with Gasteiger partial charge < -0.3 is 10.1 Å². The Balaban J connectivity index is 2.15. The second kappa shape index (κ2) is 6.17. The Labute approximate surface area is 122 Å². The predicted molar refractivity (Wildman–Crippen MR) is 74.3 cm³/mol. The van der Waals surface area contributed by atoms with Gasteiger partial charge in [-0.3, -0.25) is 0 Å². The summed E-state index contributed by atoms with van der Waals surface area (Å²) in [5.74, 6) is -1.74. The lowest BCUT2D eigenvalue weighted by molar-refractivity contribution is 0.386. The van der Waals surface area contributed by atoms with Crippen molar-refractivity contribution < 1.29 is 17.9 Å². The highest BCUT2D eigenvalue weighted by Crippen LogP contribution is 2.27. The van der Waals surface area contributed by atoms with E-state index in [1.54, 1.807) is 6.07 Å². The minimum atomic E-state index is -0.717. The first-order chi connectivity index (χ1) is 9.51. The van der Waals surface area contributed by atoms with Crippen LogP contribution in [-0.4, -0.2) is 7.11 Å². The lowest BCUT2D eigenvalue weighted by atomic mass is 10.2. The quantitative estimate of drug-likeness (QED) is 0.881. The first-order valence-corrected chi connectivity index (χ1v) is 6.51. The van der Waals surface area contributed by atoms with Crippen molar-refractivity contribution in [2.24, 2.45) is 0 Å². The van der Waals surface area contributed by atoms with Crippen LogP contribution in [0.2, 0.25) is 0 Å². The standard InChI is InChI=1S/C14H11BrF3NO/c1-20-13-3-2-8(4-11(13)17)7-19-14-10(15)5-9(16)6-12(14)18/h2-6,19H,7H2,1H3. The van der Waals surface area contributed by atoms with Gasteiger partial charge >= 0.3 is 0 Å². The molecule has 0 radical (unpaired) electrons. The second-order valence-corrected chi connectivity index (χ2v) is 4.92. The number of rotatable bonds is 4. The van der Waals surface area contributed by atoms with Crippen LogP contribution in [-0.2, 0) is 6.54 Å². The van der Waals surface area contributed by atoms with E-state index >= 15 is 0 Å². The summed E-state index contributed by atoms with van der Waals surface area (Å²) in [6, 6.07) is 6.37. The Hall–Kier alpha value is -1.69. The topological polar surface area (TPSA) is 21.3 Å². The average Bonchev–Trinajstić information content (AvgIpc) is 2.37. The maximum absolute atomic E-state index is 13.6. The molecule has 0 saturated heterocycles. The number of hydrogen-bond acceptors (Lipinski definition) is 2. The highest BCUT2D eigenvalue weighted by molar-refractivity contribution is 9.10. The van der Waals surface area contributed by atoms with Crippen molar-refractivity contribution in [2.75, 3.05) is 12.4 Å². The van der Waals surface area contributed by atoms with Crippen LogP contribution >= 0.6 is 15.9 Å². The summed E-state index contributed by atoms with van der Waals surface area (Å²) < 4.78 is 45.1. The molecule has 6 heteroatoms. The molecule has 2 rings (SSSR count). The zero-order valence-corrected chi connectivity index (χ0v) is 12.1. The average molecular weight is 346 g/mol. The molecule has 106 valence electrons. The summed E-state index contributed by atoms with van der Waals surface area (Å²) in [5.41, 5.74) is 0.738. The van der Waals surface area contributed by atoms with E-state index in [9.17, 15) is 13.2 Å². The molecule has 0 aliphatic rings. The van der Waals surface area contributed by atoms with Gasteiger partial charge in [-0.05, 0) is 39.7 Å². The van der Waals surface area contributed by atoms with E-state index in [1.165, 1.54) is 19.2 Å². The molecular weight excluding hydrogens is 335 g/mol. The predicted octanol–water partition coefficient (Wildman–Crippen LogP) is 4.49. The largest absolute Gasteiger partial charge is 0.494 e. The Kier molecular flexibility index (Phi) is 4.54. The van der Waals surface area contributed by atoms with Crippen molar-refractivity contribution in [3.05, 3.63) is 57.8 Å². The van der Waals surface area contributed by atoms with Gasteiger partial charge in [0, 0.05) is 17.1 Å². The minimum Gasteiger partial charge on any atom is -0.494 e. The molecule has 0 bridgehead atoms. The number of methoxy groups -OCH3 is 1. The molecule has 2 aromatic rings. The van der Waals surface area contributed by atoms with E-state index in [2.05, 4.69) is 21.2 Å². The normalized spacial score (nSPS) is 10.4. The monoisotopic (exact) mass is 345 g/mol. The maximum Gasteiger partial charge on any atom is 0.165 e. The van der Waals surface area contributed by atoms with Crippen molar-refractivity contribution in [1.29, 1.82) is 0 Å².